The Morgan fingerprint density at radius 1 is 1.25 bits per heavy atom. The van der Waals surface area contributed by atoms with Gasteiger partial charge in [0.2, 0.25) is 17.6 Å². The molecule has 0 aliphatic heterocycles. The van der Waals surface area contributed by atoms with E-state index in [4.69, 9.17) is 9.26 Å². The molecule has 2 amide bonds. The molecule has 0 bridgehead atoms. The summed E-state index contributed by atoms with van der Waals surface area (Å²) >= 11 is 0. The van der Waals surface area contributed by atoms with Crippen molar-refractivity contribution in [2.24, 2.45) is 0 Å². The maximum Gasteiger partial charge on any atom is 0.408 e. The van der Waals surface area contributed by atoms with E-state index in [0.29, 0.717) is 31.6 Å². The molecule has 1 fully saturated rings. The van der Waals surface area contributed by atoms with E-state index in [2.05, 4.69) is 20.8 Å². The second kappa shape index (κ2) is 10.6. The van der Waals surface area contributed by atoms with Crippen LogP contribution in [-0.2, 0) is 25.8 Å². The maximum atomic E-state index is 13.0. The summed E-state index contributed by atoms with van der Waals surface area (Å²) < 4.78 is 35.6. The lowest BCUT2D eigenvalue weighted by Gasteiger charge is -2.29. The number of hydrogen-bond donors (Lipinski definition) is 3. The lowest BCUT2D eigenvalue weighted by molar-refractivity contribution is -0.124. The van der Waals surface area contributed by atoms with Gasteiger partial charge in [0.1, 0.15) is 17.7 Å². The fourth-order valence-electron chi connectivity index (χ4n) is 3.13. The highest BCUT2D eigenvalue weighted by atomic mass is 32.2. The number of nitrogens with zero attached hydrogens (tertiary/aromatic N) is 2. The van der Waals surface area contributed by atoms with Crippen LogP contribution < -0.4 is 10.6 Å². The van der Waals surface area contributed by atoms with Crippen molar-refractivity contribution in [2.45, 2.75) is 95.8 Å². The van der Waals surface area contributed by atoms with Crippen molar-refractivity contribution in [1.82, 2.24) is 20.8 Å². The van der Waals surface area contributed by atoms with Crippen molar-refractivity contribution in [1.29, 1.82) is 0 Å². The summed E-state index contributed by atoms with van der Waals surface area (Å²) in [6.45, 7) is 8.53. The molecule has 0 radical (unpaired) electrons. The summed E-state index contributed by atoms with van der Waals surface area (Å²) in [5.74, 6) is -0.940. The number of aromatic nitrogens is 2. The van der Waals surface area contributed by atoms with Gasteiger partial charge < -0.3 is 25.0 Å². The molecule has 11 nitrogen and oxygen atoms in total. The number of ether oxygens (including phenoxy) is 1. The number of aryl methyl sites for hydroxylation is 1. The second-order valence-corrected chi connectivity index (χ2v) is 11.3. The minimum Gasteiger partial charge on any atom is -0.444 e. The van der Waals surface area contributed by atoms with Gasteiger partial charge >= 0.3 is 6.09 Å². The van der Waals surface area contributed by atoms with E-state index in [9.17, 15) is 23.1 Å². The van der Waals surface area contributed by atoms with Gasteiger partial charge in [-0.15, -0.1) is 0 Å². The molecule has 1 aliphatic carbocycles. The van der Waals surface area contributed by atoms with Gasteiger partial charge in [-0.25, -0.2) is 13.2 Å². The van der Waals surface area contributed by atoms with Crippen LogP contribution in [0.15, 0.2) is 4.52 Å². The molecule has 182 valence electrons. The average molecular weight is 475 g/mol. The van der Waals surface area contributed by atoms with Crippen LogP contribution >= 0.6 is 0 Å². The fraction of sp³-hybridized carbons (Fsp3) is 0.800. The maximum absolute atomic E-state index is 13.0. The first-order chi connectivity index (χ1) is 14.9. The van der Waals surface area contributed by atoms with Crippen molar-refractivity contribution in [3.8, 4) is 0 Å². The van der Waals surface area contributed by atoms with Crippen molar-refractivity contribution >= 4 is 21.8 Å². The SMILES string of the molecule is CCc1nc(C(O)[C@H](CC)NC(=O)[C@H](CS(=O)(=O)C2CCC2)NC(=O)OC(C)(C)C)no1. The Labute approximate surface area is 188 Å². The number of carbonyl (C=O) groups excluding carboxylic acids is 2. The zero-order chi connectivity index (χ0) is 24.1. The van der Waals surface area contributed by atoms with Gasteiger partial charge in [-0.2, -0.15) is 4.98 Å². The van der Waals surface area contributed by atoms with E-state index in [-0.39, 0.29) is 5.82 Å². The predicted octanol–water partition coefficient (Wildman–Crippen LogP) is 1.42. The number of hydrogen-bond acceptors (Lipinski definition) is 9. The summed E-state index contributed by atoms with van der Waals surface area (Å²) in [5, 5.41) is 18.8. The number of carbonyl (C=O) groups is 2. The van der Waals surface area contributed by atoms with E-state index in [1.165, 1.54) is 0 Å². The molecule has 1 aromatic heterocycles. The summed E-state index contributed by atoms with van der Waals surface area (Å²) in [5.41, 5.74) is -0.824. The number of rotatable bonds is 10. The number of aliphatic hydroxyl groups is 1. The largest absolute Gasteiger partial charge is 0.444 e. The first-order valence-corrected chi connectivity index (χ1v) is 12.6. The predicted molar refractivity (Wildman–Crippen MR) is 115 cm³/mol. The molecular weight excluding hydrogens is 440 g/mol. The molecule has 1 aliphatic rings. The smallest absolute Gasteiger partial charge is 0.408 e. The topological polar surface area (TPSA) is 161 Å². The second-order valence-electron chi connectivity index (χ2n) is 8.95. The first kappa shape index (κ1) is 26.0. The van der Waals surface area contributed by atoms with Crippen LogP contribution in [0.5, 0.6) is 0 Å². The van der Waals surface area contributed by atoms with Gasteiger partial charge in [0.15, 0.2) is 9.84 Å². The van der Waals surface area contributed by atoms with E-state index >= 15 is 0 Å². The summed E-state index contributed by atoms with van der Waals surface area (Å²) in [6.07, 6.45) is 0.517. The molecule has 1 saturated carbocycles. The van der Waals surface area contributed by atoms with Crippen LogP contribution in [-0.4, -0.2) is 64.4 Å². The number of aliphatic hydroxyl groups excluding tert-OH is 1. The minimum atomic E-state index is -3.61. The van der Waals surface area contributed by atoms with Crippen LogP contribution in [0.3, 0.4) is 0 Å². The van der Waals surface area contributed by atoms with Crippen LogP contribution in [0.4, 0.5) is 4.79 Å². The molecule has 3 atom stereocenters. The molecule has 12 heteroatoms. The van der Waals surface area contributed by atoms with Gasteiger partial charge in [-0.3, -0.25) is 4.79 Å². The molecule has 3 N–H and O–H groups in total. The van der Waals surface area contributed by atoms with Gasteiger partial charge in [0.25, 0.3) is 0 Å². The van der Waals surface area contributed by atoms with E-state index in [0.717, 1.165) is 6.42 Å². The first-order valence-electron chi connectivity index (χ1n) is 10.9. The minimum absolute atomic E-state index is 0.0211. The Morgan fingerprint density at radius 2 is 1.91 bits per heavy atom. The lowest BCUT2D eigenvalue weighted by atomic mass is 10.00. The zero-order valence-corrected chi connectivity index (χ0v) is 20.1. The van der Waals surface area contributed by atoms with Crippen LogP contribution in [0.25, 0.3) is 0 Å². The normalized spacial score (nSPS) is 17.7. The number of nitrogens with one attached hydrogen (secondary N) is 2. The lowest BCUT2D eigenvalue weighted by Crippen LogP contribution is -2.55. The molecule has 0 spiro atoms. The van der Waals surface area contributed by atoms with Gasteiger partial charge in [-0.05, 0) is 40.0 Å². The molecule has 0 aromatic carbocycles. The van der Waals surface area contributed by atoms with Gasteiger partial charge in [0.05, 0.1) is 17.0 Å². The zero-order valence-electron chi connectivity index (χ0n) is 19.3. The van der Waals surface area contributed by atoms with Crippen molar-refractivity contribution < 1.29 is 32.4 Å². The van der Waals surface area contributed by atoms with Crippen molar-refractivity contribution in [2.75, 3.05) is 5.75 Å². The summed E-state index contributed by atoms with van der Waals surface area (Å²) in [6, 6.07) is -2.20. The number of amides is 2. The Morgan fingerprint density at radius 3 is 2.38 bits per heavy atom. The number of alkyl carbamates (subject to hydrolysis) is 1. The molecule has 1 heterocycles. The van der Waals surface area contributed by atoms with Crippen LogP contribution in [0.1, 0.15) is 78.1 Å². The fourth-order valence-corrected chi connectivity index (χ4v) is 5.15. The molecule has 0 saturated heterocycles. The third-order valence-corrected chi connectivity index (χ3v) is 7.45. The Bertz CT molecular complexity index is 890. The average Bonchev–Trinajstić information content (AvgIpc) is 3.10. The molecule has 2 rings (SSSR count). The van der Waals surface area contributed by atoms with Crippen molar-refractivity contribution in [3.05, 3.63) is 11.7 Å². The molecule has 1 aromatic rings. The standard InChI is InChI=1S/C20H34N4O7S/c1-6-13(16(25)17-23-15(7-2)31-24-17)21-18(26)14(22-19(27)30-20(3,4)5)11-32(28,29)12-9-8-10-12/h12-14,16,25H,6-11H2,1-5H3,(H,21,26)(H,22,27)/t13-,14-,16?/m0/s1. The summed E-state index contributed by atoms with van der Waals surface area (Å²) in [4.78, 5) is 29.3. The Kier molecular flexibility index (Phi) is 8.63. The van der Waals surface area contributed by atoms with Crippen LogP contribution in [0.2, 0.25) is 0 Å². The highest BCUT2D eigenvalue weighted by Crippen LogP contribution is 2.27. The van der Waals surface area contributed by atoms with Crippen LogP contribution in [0, 0.1) is 0 Å². The third-order valence-electron chi connectivity index (χ3n) is 5.17. The highest BCUT2D eigenvalue weighted by molar-refractivity contribution is 7.92. The van der Waals surface area contributed by atoms with Crippen molar-refractivity contribution in [3.63, 3.8) is 0 Å². The molecule has 1 unspecified atom stereocenters. The Balaban J connectivity index is 2.16. The molecule has 32 heavy (non-hydrogen) atoms. The van der Waals surface area contributed by atoms with Gasteiger partial charge in [-0.1, -0.05) is 25.4 Å². The molecular formula is C20H34N4O7S. The Hall–Kier alpha value is -2.21. The summed E-state index contributed by atoms with van der Waals surface area (Å²) in [7, 11) is -3.61. The van der Waals surface area contributed by atoms with E-state index < -0.39 is 56.6 Å². The quantitative estimate of drug-likeness (QED) is 0.455. The third kappa shape index (κ3) is 7.16. The van der Waals surface area contributed by atoms with E-state index in [1.54, 1.807) is 27.7 Å². The van der Waals surface area contributed by atoms with Gasteiger partial charge in [0, 0.05) is 6.42 Å². The highest BCUT2D eigenvalue weighted by Gasteiger charge is 2.37. The monoisotopic (exact) mass is 474 g/mol. The van der Waals surface area contributed by atoms with E-state index in [1.807, 2.05) is 6.92 Å². The number of sulfone groups is 1.